The minimum absolute atomic E-state index is 0.0954. The van der Waals surface area contributed by atoms with Gasteiger partial charge in [0.2, 0.25) is 0 Å². The molecular weight excluding hydrogens is 256 g/mol. The number of aliphatic hydroxyl groups is 1. The van der Waals surface area contributed by atoms with Crippen LogP contribution in [0, 0.1) is 17.0 Å². The summed E-state index contributed by atoms with van der Waals surface area (Å²) in [6.07, 6.45) is 1.19. The second-order valence-electron chi connectivity index (χ2n) is 4.20. The third kappa shape index (κ3) is 3.85. The molecule has 1 unspecified atom stereocenters. The van der Waals surface area contributed by atoms with Gasteiger partial charge in [-0.2, -0.15) is 0 Å². The number of rotatable bonds is 6. The smallest absolute Gasteiger partial charge is 0.288 e. The molecule has 5 nitrogen and oxygen atoms in total. The van der Waals surface area contributed by atoms with E-state index in [-0.39, 0.29) is 10.7 Å². The van der Waals surface area contributed by atoms with Crippen molar-refractivity contribution in [3.63, 3.8) is 0 Å². The first-order valence-electron chi connectivity index (χ1n) is 5.82. The zero-order chi connectivity index (χ0) is 13.7. The van der Waals surface area contributed by atoms with E-state index in [0.717, 1.165) is 12.0 Å². The molecule has 1 aromatic rings. The molecule has 0 saturated carbocycles. The minimum atomic E-state index is -0.509. The third-order valence-corrected chi connectivity index (χ3v) is 2.94. The van der Waals surface area contributed by atoms with Crippen LogP contribution in [-0.4, -0.2) is 22.7 Å². The van der Waals surface area contributed by atoms with E-state index in [0.29, 0.717) is 18.7 Å². The molecule has 1 atom stereocenters. The first kappa shape index (κ1) is 14.7. The molecule has 18 heavy (non-hydrogen) atoms. The Hall–Kier alpha value is -1.33. The predicted molar refractivity (Wildman–Crippen MR) is 72.2 cm³/mol. The molecule has 100 valence electrons. The lowest BCUT2D eigenvalue weighted by Crippen LogP contribution is -2.19. The van der Waals surface area contributed by atoms with Crippen LogP contribution in [0.1, 0.15) is 25.3 Å². The highest BCUT2D eigenvalue weighted by atomic mass is 35.5. The number of nitro groups is 1. The Kier molecular flexibility index (Phi) is 5.37. The number of anilines is 1. The van der Waals surface area contributed by atoms with Crippen LogP contribution < -0.4 is 5.32 Å². The summed E-state index contributed by atoms with van der Waals surface area (Å²) in [5.41, 5.74) is 1.34. The summed E-state index contributed by atoms with van der Waals surface area (Å²) < 4.78 is 0. The quantitative estimate of drug-likeness (QED) is 0.616. The van der Waals surface area contributed by atoms with E-state index in [4.69, 9.17) is 11.6 Å². The third-order valence-electron chi connectivity index (χ3n) is 2.64. The Bertz CT molecular complexity index is 438. The van der Waals surface area contributed by atoms with Gasteiger partial charge in [0.1, 0.15) is 5.02 Å². The number of halogens is 1. The van der Waals surface area contributed by atoms with E-state index >= 15 is 0 Å². The number of aryl methyl sites for hydroxylation is 1. The van der Waals surface area contributed by atoms with Crippen LogP contribution in [0.15, 0.2) is 12.1 Å². The van der Waals surface area contributed by atoms with Gasteiger partial charge in [-0.1, -0.05) is 24.9 Å². The minimum Gasteiger partial charge on any atom is -0.391 e. The summed E-state index contributed by atoms with van der Waals surface area (Å²) in [6.45, 7) is 4.16. The fourth-order valence-electron chi connectivity index (χ4n) is 1.66. The average molecular weight is 273 g/mol. The van der Waals surface area contributed by atoms with Gasteiger partial charge < -0.3 is 10.4 Å². The number of hydrogen-bond donors (Lipinski definition) is 2. The van der Waals surface area contributed by atoms with Crippen LogP contribution in [-0.2, 0) is 0 Å². The maximum absolute atomic E-state index is 10.7. The van der Waals surface area contributed by atoms with Crippen LogP contribution >= 0.6 is 11.6 Å². The van der Waals surface area contributed by atoms with Crippen molar-refractivity contribution in [3.05, 3.63) is 32.8 Å². The van der Waals surface area contributed by atoms with Crippen molar-refractivity contribution in [2.75, 3.05) is 11.9 Å². The molecule has 0 bridgehead atoms. The molecule has 6 heteroatoms. The molecule has 0 amide bonds. The molecule has 0 aliphatic rings. The summed E-state index contributed by atoms with van der Waals surface area (Å²) in [4.78, 5) is 10.2. The molecule has 0 spiro atoms. The normalized spacial score (nSPS) is 12.2. The maximum atomic E-state index is 10.7. The topological polar surface area (TPSA) is 75.4 Å². The van der Waals surface area contributed by atoms with Gasteiger partial charge in [-0.15, -0.1) is 0 Å². The van der Waals surface area contributed by atoms with Crippen molar-refractivity contribution in [2.45, 2.75) is 32.8 Å². The van der Waals surface area contributed by atoms with Crippen LogP contribution in [0.2, 0.25) is 5.02 Å². The number of benzene rings is 1. The first-order valence-corrected chi connectivity index (χ1v) is 6.20. The van der Waals surface area contributed by atoms with Gasteiger partial charge in [-0.05, 0) is 25.0 Å². The van der Waals surface area contributed by atoms with Crippen LogP contribution in [0.5, 0.6) is 0 Å². The first-order chi connectivity index (χ1) is 8.45. The highest BCUT2D eigenvalue weighted by Gasteiger charge is 2.15. The van der Waals surface area contributed by atoms with Gasteiger partial charge in [-0.3, -0.25) is 10.1 Å². The van der Waals surface area contributed by atoms with Gasteiger partial charge in [-0.25, -0.2) is 0 Å². The SMILES string of the molecule is CCCC(O)CNc1cc(Cl)c([N+](=O)[O-])cc1C. The summed E-state index contributed by atoms with van der Waals surface area (Å²) >= 11 is 5.83. The number of hydrogen-bond acceptors (Lipinski definition) is 4. The van der Waals surface area contributed by atoms with Crippen molar-refractivity contribution < 1.29 is 10.0 Å². The Morgan fingerprint density at radius 2 is 2.22 bits per heavy atom. The fourth-order valence-corrected chi connectivity index (χ4v) is 1.89. The Balaban J connectivity index is 2.79. The van der Waals surface area contributed by atoms with E-state index in [1.54, 1.807) is 6.92 Å². The van der Waals surface area contributed by atoms with Gasteiger partial charge in [0.05, 0.1) is 11.0 Å². The zero-order valence-electron chi connectivity index (χ0n) is 10.4. The van der Waals surface area contributed by atoms with Gasteiger partial charge in [0.15, 0.2) is 0 Å². The van der Waals surface area contributed by atoms with Crippen molar-refractivity contribution in [1.29, 1.82) is 0 Å². The monoisotopic (exact) mass is 272 g/mol. The van der Waals surface area contributed by atoms with Crippen molar-refractivity contribution >= 4 is 23.0 Å². The highest BCUT2D eigenvalue weighted by molar-refractivity contribution is 6.33. The lowest BCUT2D eigenvalue weighted by molar-refractivity contribution is -0.384. The molecule has 0 aromatic heterocycles. The van der Waals surface area contributed by atoms with Gasteiger partial charge >= 0.3 is 0 Å². The highest BCUT2D eigenvalue weighted by Crippen LogP contribution is 2.30. The molecule has 1 rings (SSSR count). The Morgan fingerprint density at radius 1 is 1.56 bits per heavy atom. The van der Waals surface area contributed by atoms with Crippen molar-refractivity contribution in [3.8, 4) is 0 Å². The molecule has 0 radical (unpaired) electrons. The molecule has 0 fully saturated rings. The van der Waals surface area contributed by atoms with E-state index in [1.807, 2.05) is 6.92 Å². The molecule has 0 aliphatic carbocycles. The summed E-state index contributed by atoms with van der Waals surface area (Å²) in [6, 6.07) is 2.95. The molecular formula is C12H17ClN2O3. The summed E-state index contributed by atoms with van der Waals surface area (Å²) in [5.74, 6) is 0. The van der Waals surface area contributed by atoms with Gasteiger partial charge in [0, 0.05) is 18.3 Å². The predicted octanol–water partition coefficient (Wildman–Crippen LogP) is 3.13. The standard InChI is InChI=1S/C12H17ClN2O3/c1-3-4-9(16)7-14-11-6-10(13)12(15(17)18)5-8(11)2/h5-6,9,14,16H,3-4,7H2,1-2H3. The molecule has 0 saturated heterocycles. The molecule has 0 aliphatic heterocycles. The van der Waals surface area contributed by atoms with E-state index in [1.165, 1.54) is 12.1 Å². The second kappa shape index (κ2) is 6.56. The van der Waals surface area contributed by atoms with Crippen molar-refractivity contribution in [2.24, 2.45) is 0 Å². The summed E-state index contributed by atoms with van der Waals surface area (Å²) in [7, 11) is 0. The van der Waals surface area contributed by atoms with Crippen LogP contribution in [0.4, 0.5) is 11.4 Å². The number of nitrogens with one attached hydrogen (secondary N) is 1. The number of aliphatic hydroxyl groups excluding tert-OH is 1. The van der Waals surface area contributed by atoms with Crippen LogP contribution in [0.3, 0.4) is 0 Å². The average Bonchev–Trinajstić information content (AvgIpc) is 2.29. The fraction of sp³-hybridized carbons (Fsp3) is 0.500. The Morgan fingerprint density at radius 3 is 2.78 bits per heavy atom. The lowest BCUT2D eigenvalue weighted by atomic mass is 10.1. The number of nitro benzene ring substituents is 1. The largest absolute Gasteiger partial charge is 0.391 e. The van der Waals surface area contributed by atoms with E-state index in [9.17, 15) is 15.2 Å². The summed E-state index contributed by atoms with van der Waals surface area (Å²) in [5, 5.41) is 23.4. The maximum Gasteiger partial charge on any atom is 0.288 e. The molecule has 1 aromatic carbocycles. The number of nitrogens with zero attached hydrogens (tertiary/aromatic N) is 1. The molecule has 0 heterocycles. The van der Waals surface area contributed by atoms with Crippen molar-refractivity contribution in [1.82, 2.24) is 0 Å². The molecule has 2 N–H and O–H groups in total. The second-order valence-corrected chi connectivity index (χ2v) is 4.61. The lowest BCUT2D eigenvalue weighted by Gasteiger charge is -2.14. The van der Waals surface area contributed by atoms with E-state index in [2.05, 4.69) is 5.32 Å². The zero-order valence-corrected chi connectivity index (χ0v) is 11.2. The Labute approximate surface area is 111 Å². The van der Waals surface area contributed by atoms with Gasteiger partial charge in [0.25, 0.3) is 5.69 Å². The van der Waals surface area contributed by atoms with E-state index < -0.39 is 11.0 Å². The van der Waals surface area contributed by atoms with Crippen LogP contribution in [0.25, 0.3) is 0 Å².